The minimum absolute atomic E-state index is 0.188. The molecule has 0 saturated carbocycles. The molecule has 0 unspecified atom stereocenters. The van der Waals surface area contributed by atoms with Gasteiger partial charge in [-0.3, -0.25) is 9.89 Å². The van der Waals surface area contributed by atoms with Gasteiger partial charge in [0.25, 0.3) is 5.91 Å². The molecule has 2 N–H and O–H groups in total. The normalized spacial score (nSPS) is 16.8. The van der Waals surface area contributed by atoms with E-state index >= 15 is 0 Å². The highest BCUT2D eigenvalue weighted by Crippen LogP contribution is 2.23. The summed E-state index contributed by atoms with van der Waals surface area (Å²) in [4.78, 5) is 12.2. The van der Waals surface area contributed by atoms with Gasteiger partial charge in [-0.05, 0) is 37.0 Å². The van der Waals surface area contributed by atoms with E-state index in [0.29, 0.717) is 30.2 Å². The molecule has 0 atom stereocenters. The average molecular weight is 348 g/mol. The van der Waals surface area contributed by atoms with Crippen molar-refractivity contribution in [3.8, 4) is 0 Å². The van der Waals surface area contributed by atoms with Crippen molar-refractivity contribution < 1.29 is 13.2 Å². The second-order valence-corrected chi connectivity index (χ2v) is 7.78. The fourth-order valence-electron chi connectivity index (χ4n) is 2.81. The number of hydrogen-bond acceptors (Lipinski definition) is 4. The van der Waals surface area contributed by atoms with Gasteiger partial charge in [0.2, 0.25) is 10.0 Å². The van der Waals surface area contributed by atoms with Gasteiger partial charge in [-0.25, -0.2) is 8.42 Å². The van der Waals surface area contributed by atoms with Crippen LogP contribution in [0.4, 0.5) is 0 Å². The van der Waals surface area contributed by atoms with E-state index in [1.807, 2.05) is 0 Å². The number of piperidine rings is 1. The third-order valence-electron chi connectivity index (χ3n) is 4.25. The molecule has 0 spiro atoms. The maximum Gasteiger partial charge on any atom is 0.269 e. The largest absolute Gasteiger partial charge is 0.350 e. The molecule has 1 aliphatic rings. The van der Waals surface area contributed by atoms with Crippen molar-refractivity contribution in [2.75, 3.05) is 19.6 Å². The smallest absolute Gasteiger partial charge is 0.269 e. The Labute approximate surface area is 141 Å². The molecule has 24 heavy (non-hydrogen) atoms. The fourth-order valence-corrected chi connectivity index (χ4v) is 4.30. The number of H-pyrrole nitrogens is 1. The number of amides is 1. The lowest BCUT2D eigenvalue weighted by Crippen LogP contribution is -2.41. The van der Waals surface area contributed by atoms with Crippen molar-refractivity contribution in [3.63, 3.8) is 0 Å². The van der Waals surface area contributed by atoms with Crippen LogP contribution in [-0.4, -0.2) is 48.5 Å². The lowest BCUT2D eigenvalue weighted by molar-refractivity contribution is 0.0936. The first kappa shape index (κ1) is 16.7. The second-order valence-electron chi connectivity index (χ2n) is 5.84. The minimum atomic E-state index is -3.42. The second kappa shape index (κ2) is 7.14. The zero-order valence-electron chi connectivity index (χ0n) is 13.2. The van der Waals surface area contributed by atoms with E-state index in [-0.39, 0.29) is 11.8 Å². The van der Waals surface area contributed by atoms with Crippen molar-refractivity contribution >= 4 is 15.9 Å². The van der Waals surface area contributed by atoms with Gasteiger partial charge in [0, 0.05) is 25.8 Å². The number of carbonyl (C=O) groups is 1. The van der Waals surface area contributed by atoms with Crippen molar-refractivity contribution in [3.05, 3.63) is 48.3 Å². The molecule has 8 heteroatoms. The molecule has 1 fully saturated rings. The Morgan fingerprint density at radius 2 is 1.92 bits per heavy atom. The molecular formula is C16H20N4O3S. The molecule has 1 aromatic carbocycles. The molecule has 0 aliphatic carbocycles. The van der Waals surface area contributed by atoms with E-state index < -0.39 is 10.0 Å². The monoisotopic (exact) mass is 348 g/mol. The summed E-state index contributed by atoms with van der Waals surface area (Å²) in [5.41, 5.74) is 0.430. The van der Waals surface area contributed by atoms with E-state index in [9.17, 15) is 13.2 Å². The van der Waals surface area contributed by atoms with Gasteiger partial charge in [0.05, 0.1) is 4.90 Å². The summed E-state index contributed by atoms with van der Waals surface area (Å²) in [6.45, 7) is 1.49. The van der Waals surface area contributed by atoms with Crippen LogP contribution in [0, 0.1) is 5.92 Å². The lowest BCUT2D eigenvalue weighted by atomic mass is 9.98. The van der Waals surface area contributed by atoms with Crippen LogP contribution in [0.1, 0.15) is 23.3 Å². The van der Waals surface area contributed by atoms with E-state index in [1.54, 1.807) is 36.4 Å². The Bertz CT molecular complexity index is 767. The maximum absolute atomic E-state index is 12.6. The molecule has 2 heterocycles. The Balaban J connectivity index is 1.52. The van der Waals surface area contributed by atoms with Crippen molar-refractivity contribution in [1.82, 2.24) is 19.8 Å². The summed E-state index contributed by atoms with van der Waals surface area (Å²) in [7, 11) is -3.42. The number of sulfonamides is 1. The highest BCUT2D eigenvalue weighted by atomic mass is 32.2. The van der Waals surface area contributed by atoms with Crippen LogP contribution >= 0.6 is 0 Å². The van der Waals surface area contributed by atoms with E-state index in [2.05, 4.69) is 15.5 Å². The summed E-state index contributed by atoms with van der Waals surface area (Å²) >= 11 is 0. The quantitative estimate of drug-likeness (QED) is 0.850. The van der Waals surface area contributed by atoms with Crippen LogP contribution in [0.5, 0.6) is 0 Å². The molecule has 128 valence electrons. The summed E-state index contributed by atoms with van der Waals surface area (Å²) in [5.74, 6) is 0.0888. The Morgan fingerprint density at radius 1 is 1.21 bits per heavy atom. The average Bonchev–Trinajstić information content (AvgIpc) is 3.15. The van der Waals surface area contributed by atoms with Gasteiger partial charge < -0.3 is 5.32 Å². The number of nitrogens with zero attached hydrogens (tertiary/aromatic N) is 2. The number of benzene rings is 1. The summed E-state index contributed by atoms with van der Waals surface area (Å²) < 4.78 is 26.6. The van der Waals surface area contributed by atoms with Gasteiger partial charge in [0.15, 0.2) is 0 Å². The first-order valence-electron chi connectivity index (χ1n) is 7.90. The molecular weight excluding hydrogens is 328 g/mol. The summed E-state index contributed by atoms with van der Waals surface area (Å²) in [6.07, 6.45) is 2.99. The highest BCUT2D eigenvalue weighted by Gasteiger charge is 2.29. The number of hydrogen-bond donors (Lipinski definition) is 2. The SMILES string of the molecule is O=C(NCC1CCN(S(=O)(=O)c2ccccc2)CC1)c1ccn[nH]1. The summed E-state index contributed by atoms with van der Waals surface area (Å²) in [5, 5.41) is 9.23. The minimum Gasteiger partial charge on any atom is -0.350 e. The van der Waals surface area contributed by atoms with Crippen LogP contribution in [-0.2, 0) is 10.0 Å². The topological polar surface area (TPSA) is 95.2 Å². The van der Waals surface area contributed by atoms with E-state index in [1.165, 1.54) is 10.5 Å². The van der Waals surface area contributed by atoms with Crippen LogP contribution in [0.25, 0.3) is 0 Å². The highest BCUT2D eigenvalue weighted by molar-refractivity contribution is 7.89. The van der Waals surface area contributed by atoms with Gasteiger partial charge in [-0.2, -0.15) is 9.40 Å². The zero-order chi connectivity index (χ0) is 17.0. The van der Waals surface area contributed by atoms with Gasteiger partial charge >= 0.3 is 0 Å². The lowest BCUT2D eigenvalue weighted by Gasteiger charge is -2.31. The molecule has 7 nitrogen and oxygen atoms in total. The molecule has 1 aliphatic heterocycles. The molecule has 1 aromatic heterocycles. The number of rotatable bonds is 5. The number of aromatic nitrogens is 2. The predicted octanol–water partition coefficient (Wildman–Crippen LogP) is 1.24. The molecule has 1 amide bonds. The standard InChI is InChI=1S/C16H20N4O3S/c21-16(15-6-9-18-19-15)17-12-13-7-10-20(11-8-13)24(22,23)14-4-2-1-3-5-14/h1-6,9,13H,7-8,10-12H2,(H,17,21)(H,18,19). The third-order valence-corrected chi connectivity index (χ3v) is 6.16. The maximum atomic E-state index is 12.6. The molecule has 3 rings (SSSR count). The van der Waals surface area contributed by atoms with Gasteiger partial charge in [-0.15, -0.1) is 0 Å². The predicted molar refractivity (Wildman–Crippen MR) is 88.8 cm³/mol. The summed E-state index contributed by atoms with van der Waals surface area (Å²) in [6, 6.07) is 10.1. The molecule has 0 radical (unpaired) electrons. The van der Waals surface area contributed by atoms with E-state index in [0.717, 1.165) is 12.8 Å². The van der Waals surface area contributed by atoms with Gasteiger partial charge in [-0.1, -0.05) is 18.2 Å². The van der Waals surface area contributed by atoms with Crippen molar-refractivity contribution in [1.29, 1.82) is 0 Å². The zero-order valence-corrected chi connectivity index (χ0v) is 14.0. The van der Waals surface area contributed by atoms with Crippen LogP contribution in [0.15, 0.2) is 47.5 Å². The molecule has 2 aromatic rings. The number of carbonyl (C=O) groups excluding carboxylic acids is 1. The van der Waals surface area contributed by atoms with Crippen LogP contribution in [0.3, 0.4) is 0 Å². The van der Waals surface area contributed by atoms with Crippen molar-refractivity contribution in [2.24, 2.45) is 5.92 Å². The van der Waals surface area contributed by atoms with Gasteiger partial charge in [0.1, 0.15) is 5.69 Å². The third kappa shape index (κ3) is 3.65. The molecule has 1 saturated heterocycles. The molecule has 0 bridgehead atoms. The first-order chi connectivity index (χ1) is 11.6. The first-order valence-corrected chi connectivity index (χ1v) is 9.34. The number of nitrogens with one attached hydrogen (secondary N) is 2. The number of aromatic amines is 1. The Morgan fingerprint density at radius 3 is 2.54 bits per heavy atom. The van der Waals surface area contributed by atoms with E-state index in [4.69, 9.17) is 0 Å². The Hall–Kier alpha value is -2.19. The Kier molecular flexibility index (Phi) is 4.96. The van der Waals surface area contributed by atoms with Crippen LogP contribution < -0.4 is 5.32 Å². The fraction of sp³-hybridized carbons (Fsp3) is 0.375. The van der Waals surface area contributed by atoms with Crippen molar-refractivity contribution in [2.45, 2.75) is 17.7 Å². The van der Waals surface area contributed by atoms with Crippen LogP contribution in [0.2, 0.25) is 0 Å².